The summed E-state index contributed by atoms with van der Waals surface area (Å²) in [6.45, 7) is 11.0. The number of ketones is 1. The minimum absolute atomic E-state index is 0.0141. The molecule has 0 N–H and O–H groups in total. The fourth-order valence-electron chi connectivity index (χ4n) is 7.55. The van der Waals surface area contributed by atoms with E-state index in [1.54, 1.807) is 6.92 Å². The molecule has 5 rings (SSSR count). The van der Waals surface area contributed by atoms with Crippen molar-refractivity contribution in [3.05, 3.63) is 47.5 Å². The van der Waals surface area contributed by atoms with Gasteiger partial charge in [-0.2, -0.15) is 0 Å². The predicted octanol–water partition coefficient (Wildman–Crippen LogP) is 4.38. The standard InChI is InChI=1S/C32H40O8/c1-18-14-24-23(30(24,5)6)12-13-31(17-37-31)29(38-20(3)33)26-27(39-25(35)15-22-10-8-7-9-11-22)19(2)16-32(26,28(18)36)40-21(4)34/h7-11,14,19,23-24,26-27,29H,12-13,15-17H2,1-6H3/b18-14+/t19-,23-,24+,26-,27-,29-,31+,32+/m0/s1. The number of benzene rings is 1. The molecule has 0 aromatic heterocycles. The maximum absolute atomic E-state index is 14.5. The van der Waals surface area contributed by atoms with Gasteiger partial charge >= 0.3 is 17.9 Å². The molecule has 40 heavy (non-hydrogen) atoms. The van der Waals surface area contributed by atoms with Gasteiger partial charge in [0.1, 0.15) is 17.8 Å². The first-order valence-electron chi connectivity index (χ1n) is 14.3. The van der Waals surface area contributed by atoms with Gasteiger partial charge in [0.15, 0.2) is 5.60 Å². The van der Waals surface area contributed by atoms with Crippen LogP contribution in [0.3, 0.4) is 0 Å². The Hall–Kier alpha value is -3.00. The molecule has 1 heterocycles. The third-order valence-corrected chi connectivity index (χ3v) is 9.71. The number of hydrogen-bond donors (Lipinski definition) is 0. The number of allylic oxidation sites excluding steroid dienone is 1. The quantitative estimate of drug-likeness (QED) is 0.301. The molecule has 8 atom stereocenters. The summed E-state index contributed by atoms with van der Waals surface area (Å²) in [6.07, 6.45) is 1.85. The normalized spacial score (nSPS) is 39.0. The van der Waals surface area contributed by atoms with Crippen molar-refractivity contribution in [3.63, 3.8) is 0 Å². The Labute approximate surface area is 235 Å². The lowest BCUT2D eigenvalue weighted by molar-refractivity contribution is -0.190. The van der Waals surface area contributed by atoms with Crippen LogP contribution in [-0.4, -0.2) is 53.7 Å². The number of epoxide rings is 1. The van der Waals surface area contributed by atoms with E-state index in [-0.39, 0.29) is 35.9 Å². The number of carbonyl (C=O) groups is 4. The first kappa shape index (κ1) is 28.5. The molecule has 0 unspecified atom stereocenters. The maximum atomic E-state index is 14.5. The van der Waals surface area contributed by atoms with E-state index in [0.29, 0.717) is 24.5 Å². The van der Waals surface area contributed by atoms with Crippen molar-refractivity contribution in [3.8, 4) is 0 Å². The molecule has 2 saturated carbocycles. The Morgan fingerprint density at radius 1 is 1.05 bits per heavy atom. The van der Waals surface area contributed by atoms with Gasteiger partial charge in [-0.15, -0.1) is 0 Å². The number of ether oxygens (including phenoxy) is 4. The molecule has 3 fully saturated rings. The van der Waals surface area contributed by atoms with Gasteiger partial charge in [-0.1, -0.05) is 57.2 Å². The Morgan fingerprint density at radius 2 is 1.73 bits per heavy atom. The van der Waals surface area contributed by atoms with Gasteiger partial charge in [0.25, 0.3) is 0 Å². The van der Waals surface area contributed by atoms with Crippen LogP contribution < -0.4 is 0 Å². The topological polar surface area (TPSA) is 108 Å². The van der Waals surface area contributed by atoms with Gasteiger partial charge < -0.3 is 18.9 Å². The summed E-state index contributed by atoms with van der Waals surface area (Å²) >= 11 is 0. The van der Waals surface area contributed by atoms with Gasteiger partial charge in [0, 0.05) is 20.3 Å². The lowest BCUT2D eigenvalue weighted by atomic mass is 9.74. The Kier molecular flexibility index (Phi) is 7.22. The molecular weight excluding hydrogens is 512 g/mol. The molecule has 1 saturated heterocycles. The predicted molar refractivity (Wildman–Crippen MR) is 145 cm³/mol. The summed E-state index contributed by atoms with van der Waals surface area (Å²) in [4.78, 5) is 52.9. The molecule has 1 aromatic carbocycles. The van der Waals surface area contributed by atoms with Crippen LogP contribution in [0.5, 0.6) is 0 Å². The molecule has 1 aliphatic heterocycles. The van der Waals surface area contributed by atoms with Crippen LogP contribution in [0.4, 0.5) is 0 Å². The molecule has 1 aromatic rings. The zero-order chi connectivity index (χ0) is 29.0. The highest BCUT2D eigenvalue weighted by atomic mass is 16.6. The zero-order valence-electron chi connectivity index (χ0n) is 24.2. The van der Waals surface area contributed by atoms with Crippen molar-refractivity contribution < 1.29 is 38.1 Å². The Bertz CT molecular complexity index is 1230. The van der Waals surface area contributed by atoms with Crippen LogP contribution >= 0.6 is 0 Å². The van der Waals surface area contributed by atoms with Crippen LogP contribution in [0.1, 0.15) is 66.4 Å². The fourth-order valence-corrected chi connectivity index (χ4v) is 7.55. The van der Waals surface area contributed by atoms with Crippen molar-refractivity contribution >= 4 is 23.7 Å². The third-order valence-electron chi connectivity index (χ3n) is 9.71. The van der Waals surface area contributed by atoms with E-state index >= 15 is 0 Å². The minimum atomic E-state index is -1.68. The summed E-state index contributed by atoms with van der Waals surface area (Å²) in [5, 5.41) is 0. The molecule has 216 valence electrons. The SMILES string of the molecule is CC(=O)O[C@H]1[C@@H]2[C@@H](OC(=O)Cc3ccccc3)[C@@H](C)C[C@]2(OC(C)=O)C(=O)/C(C)=C/[C@@H]2[C@H](CC[C@@]13CO3)C2(C)C. The minimum Gasteiger partial charge on any atom is -0.461 e. The average Bonchev–Trinajstić information content (AvgIpc) is 3.73. The highest BCUT2D eigenvalue weighted by Crippen LogP contribution is 2.64. The van der Waals surface area contributed by atoms with Crippen LogP contribution in [-0.2, 0) is 44.5 Å². The van der Waals surface area contributed by atoms with Crippen molar-refractivity contribution in [1.82, 2.24) is 0 Å². The number of fused-ring (bicyclic) bond motifs is 2. The largest absolute Gasteiger partial charge is 0.461 e. The van der Waals surface area contributed by atoms with E-state index < -0.39 is 47.2 Å². The lowest BCUT2D eigenvalue weighted by Gasteiger charge is -2.41. The molecule has 0 amide bonds. The number of Topliss-reactive ketones (excluding diaryl/α,β-unsaturated/α-hetero) is 1. The van der Waals surface area contributed by atoms with Crippen molar-refractivity contribution in [2.45, 2.75) is 90.6 Å². The Balaban J connectivity index is 1.61. The smallest absolute Gasteiger partial charge is 0.310 e. The highest BCUT2D eigenvalue weighted by molar-refractivity contribution is 6.03. The molecule has 8 nitrogen and oxygen atoms in total. The molecule has 8 heteroatoms. The summed E-state index contributed by atoms with van der Waals surface area (Å²) < 4.78 is 24.2. The van der Waals surface area contributed by atoms with E-state index in [1.165, 1.54) is 13.8 Å². The molecule has 4 aliphatic rings. The number of rotatable bonds is 5. The molecular formula is C32H40O8. The van der Waals surface area contributed by atoms with E-state index in [1.807, 2.05) is 43.3 Å². The number of hydrogen-bond acceptors (Lipinski definition) is 8. The maximum Gasteiger partial charge on any atom is 0.310 e. The van der Waals surface area contributed by atoms with Crippen molar-refractivity contribution in [1.29, 1.82) is 0 Å². The second-order valence-electron chi connectivity index (χ2n) is 12.9. The van der Waals surface area contributed by atoms with E-state index in [2.05, 4.69) is 13.8 Å². The fraction of sp³-hybridized carbons (Fsp3) is 0.625. The van der Waals surface area contributed by atoms with Crippen molar-refractivity contribution in [2.75, 3.05) is 6.61 Å². The summed E-state index contributed by atoms with van der Waals surface area (Å²) in [6, 6.07) is 9.25. The van der Waals surface area contributed by atoms with Gasteiger partial charge in [0.2, 0.25) is 5.78 Å². The van der Waals surface area contributed by atoms with E-state index in [4.69, 9.17) is 18.9 Å². The summed E-state index contributed by atoms with van der Waals surface area (Å²) in [7, 11) is 0. The van der Waals surface area contributed by atoms with Gasteiger partial charge in [-0.3, -0.25) is 19.2 Å². The van der Waals surface area contributed by atoms with Crippen LogP contribution in [0.25, 0.3) is 0 Å². The first-order chi connectivity index (χ1) is 18.8. The van der Waals surface area contributed by atoms with Crippen molar-refractivity contribution in [2.24, 2.45) is 29.1 Å². The molecule has 3 aliphatic carbocycles. The second-order valence-corrected chi connectivity index (χ2v) is 12.9. The number of esters is 3. The molecule has 1 spiro atoms. The molecule has 0 bridgehead atoms. The summed E-state index contributed by atoms with van der Waals surface area (Å²) in [5.41, 5.74) is -1.22. The van der Waals surface area contributed by atoms with Gasteiger partial charge in [-0.05, 0) is 54.1 Å². The van der Waals surface area contributed by atoms with Crippen LogP contribution in [0.15, 0.2) is 42.0 Å². The van der Waals surface area contributed by atoms with E-state index in [0.717, 1.165) is 12.0 Å². The average molecular weight is 553 g/mol. The van der Waals surface area contributed by atoms with Gasteiger partial charge in [-0.25, -0.2) is 0 Å². The number of carbonyl (C=O) groups excluding carboxylic acids is 4. The third kappa shape index (κ3) is 5.00. The lowest BCUT2D eigenvalue weighted by Crippen LogP contribution is -2.58. The monoisotopic (exact) mass is 552 g/mol. The van der Waals surface area contributed by atoms with Crippen LogP contribution in [0, 0.1) is 29.1 Å². The van der Waals surface area contributed by atoms with Crippen LogP contribution in [0.2, 0.25) is 0 Å². The molecule has 0 radical (unpaired) electrons. The zero-order valence-corrected chi connectivity index (χ0v) is 24.2. The van der Waals surface area contributed by atoms with E-state index in [9.17, 15) is 19.2 Å². The first-order valence-corrected chi connectivity index (χ1v) is 14.3. The highest BCUT2D eigenvalue weighted by Gasteiger charge is 2.71. The Morgan fingerprint density at radius 3 is 2.33 bits per heavy atom. The summed E-state index contributed by atoms with van der Waals surface area (Å²) in [5.74, 6) is -2.72. The second kappa shape index (κ2) is 10.1. The van der Waals surface area contributed by atoms with Gasteiger partial charge in [0.05, 0.1) is 18.9 Å².